The third-order valence-corrected chi connectivity index (χ3v) is 5.09. The summed E-state index contributed by atoms with van der Waals surface area (Å²) in [6.45, 7) is 2.97. The zero-order chi connectivity index (χ0) is 15.4. The van der Waals surface area contributed by atoms with Gasteiger partial charge in [0.1, 0.15) is 0 Å². The molecule has 1 fully saturated rings. The highest BCUT2D eigenvalue weighted by Gasteiger charge is 2.17. The van der Waals surface area contributed by atoms with Crippen LogP contribution in [0.15, 0.2) is 24.3 Å². The van der Waals surface area contributed by atoms with Crippen LogP contribution in [-0.4, -0.2) is 48.0 Å². The average Bonchev–Trinajstić information content (AvgIpc) is 2.92. The number of nitrogens with two attached hydrogens (primary N) is 1. The van der Waals surface area contributed by atoms with E-state index in [4.69, 9.17) is 5.73 Å². The van der Waals surface area contributed by atoms with Crippen LogP contribution in [0.2, 0.25) is 0 Å². The second-order valence-electron chi connectivity index (χ2n) is 5.79. The highest BCUT2D eigenvalue weighted by molar-refractivity contribution is 7.18. The van der Waals surface area contributed by atoms with Gasteiger partial charge in [0, 0.05) is 32.1 Å². The molecule has 1 amide bonds. The predicted molar refractivity (Wildman–Crippen MR) is 104 cm³/mol. The molecular formula is C16H24Cl2N4OS. The molecule has 8 heteroatoms. The molecule has 134 valence electrons. The molecule has 0 atom stereocenters. The smallest absolute Gasteiger partial charge is 0.234 e. The van der Waals surface area contributed by atoms with Gasteiger partial charge >= 0.3 is 0 Å². The second kappa shape index (κ2) is 10.2. The molecule has 0 unspecified atom stereocenters. The molecule has 3 N–H and O–H groups in total. The first-order chi connectivity index (χ1) is 10.7. The molecule has 24 heavy (non-hydrogen) atoms. The van der Waals surface area contributed by atoms with Crippen molar-refractivity contribution in [2.45, 2.75) is 25.3 Å². The number of rotatable bonds is 5. The summed E-state index contributed by atoms with van der Waals surface area (Å²) in [6, 6.07) is 8.43. The summed E-state index contributed by atoms with van der Waals surface area (Å²) in [5.74, 6) is 0.0941. The number of amides is 1. The van der Waals surface area contributed by atoms with E-state index in [9.17, 15) is 4.79 Å². The number of thiazole rings is 1. The second-order valence-corrected chi connectivity index (χ2v) is 6.90. The Kier molecular flexibility index (Phi) is 8.94. The predicted octanol–water partition coefficient (Wildman–Crippen LogP) is 2.22. The lowest BCUT2D eigenvalue weighted by Gasteiger charge is -2.29. The van der Waals surface area contributed by atoms with Crippen LogP contribution in [0.3, 0.4) is 0 Å². The summed E-state index contributed by atoms with van der Waals surface area (Å²) in [5.41, 5.74) is 6.91. The molecule has 5 nitrogen and oxygen atoms in total. The standard InChI is InChI=1S/C16H22N4OS.2ClH/c17-12-6-9-20(10-7-12)11-15(21)18-8-5-16-19-13-3-1-2-4-14(13)22-16;;/h1-4,12H,5-11,17H2,(H,18,21);2*1H. The SMILES string of the molecule is Cl.Cl.NC1CCN(CC(=O)NCCc2nc3ccccc3s2)CC1. The third kappa shape index (κ3) is 5.86. The van der Waals surface area contributed by atoms with Gasteiger partial charge in [-0.05, 0) is 25.0 Å². The Balaban J connectivity index is 0.00000144. The lowest BCUT2D eigenvalue weighted by molar-refractivity contribution is -0.122. The number of nitrogens with one attached hydrogen (secondary N) is 1. The molecule has 1 aromatic heterocycles. The molecule has 0 aliphatic carbocycles. The van der Waals surface area contributed by atoms with E-state index in [0.717, 1.165) is 42.9 Å². The van der Waals surface area contributed by atoms with Crippen molar-refractivity contribution in [2.75, 3.05) is 26.2 Å². The third-order valence-electron chi connectivity index (χ3n) is 4.00. The van der Waals surface area contributed by atoms with Crippen LogP contribution in [0.4, 0.5) is 0 Å². The van der Waals surface area contributed by atoms with Gasteiger partial charge in [-0.1, -0.05) is 12.1 Å². The van der Waals surface area contributed by atoms with Crippen molar-refractivity contribution in [2.24, 2.45) is 5.73 Å². The van der Waals surface area contributed by atoms with Gasteiger partial charge in [-0.15, -0.1) is 36.2 Å². The minimum absolute atomic E-state index is 0. The van der Waals surface area contributed by atoms with E-state index in [1.54, 1.807) is 11.3 Å². The monoisotopic (exact) mass is 390 g/mol. The summed E-state index contributed by atoms with van der Waals surface area (Å²) in [6.07, 6.45) is 2.76. The number of para-hydroxylation sites is 1. The largest absolute Gasteiger partial charge is 0.355 e. The van der Waals surface area contributed by atoms with Crippen LogP contribution >= 0.6 is 36.2 Å². The van der Waals surface area contributed by atoms with Crippen molar-refractivity contribution in [1.29, 1.82) is 0 Å². The maximum atomic E-state index is 12.0. The van der Waals surface area contributed by atoms with Crippen LogP contribution in [0.25, 0.3) is 10.2 Å². The van der Waals surface area contributed by atoms with Crippen LogP contribution in [0.5, 0.6) is 0 Å². The first-order valence-electron chi connectivity index (χ1n) is 7.80. The van der Waals surface area contributed by atoms with E-state index < -0.39 is 0 Å². The molecule has 1 aliphatic rings. The summed E-state index contributed by atoms with van der Waals surface area (Å²) in [7, 11) is 0. The normalized spacial score (nSPS) is 15.5. The maximum Gasteiger partial charge on any atom is 0.234 e. The molecule has 0 spiro atoms. The van der Waals surface area contributed by atoms with E-state index in [-0.39, 0.29) is 30.7 Å². The van der Waals surface area contributed by atoms with Crippen LogP contribution in [-0.2, 0) is 11.2 Å². The molecule has 0 bridgehead atoms. The fourth-order valence-corrected chi connectivity index (χ4v) is 3.67. The van der Waals surface area contributed by atoms with Gasteiger partial charge in [0.15, 0.2) is 0 Å². The van der Waals surface area contributed by atoms with Gasteiger partial charge < -0.3 is 11.1 Å². The molecule has 1 aromatic carbocycles. The molecular weight excluding hydrogens is 367 g/mol. The Labute approximate surface area is 158 Å². The van der Waals surface area contributed by atoms with E-state index in [0.29, 0.717) is 19.1 Å². The van der Waals surface area contributed by atoms with Gasteiger partial charge in [0.25, 0.3) is 0 Å². The average molecular weight is 391 g/mol. The van der Waals surface area contributed by atoms with Crippen molar-refractivity contribution >= 4 is 52.3 Å². The number of carbonyl (C=O) groups is 1. The minimum atomic E-state index is 0. The Bertz CT molecular complexity index is 611. The number of carbonyl (C=O) groups excluding carboxylic acids is 1. The zero-order valence-electron chi connectivity index (χ0n) is 13.4. The number of piperidine rings is 1. The molecule has 1 aliphatic heterocycles. The van der Waals surface area contributed by atoms with Gasteiger partial charge in [-0.3, -0.25) is 9.69 Å². The summed E-state index contributed by atoms with van der Waals surface area (Å²) >= 11 is 1.70. The summed E-state index contributed by atoms with van der Waals surface area (Å²) < 4.78 is 1.20. The fraction of sp³-hybridized carbons (Fsp3) is 0.500. The molecule has 2 aromatic rings. The van der Waals surface area contributed by atoms with Crippen molar-refractivity contribution in [3.63, 3.8) is 0 Å². The number of benzene rings is 1. The lowest BCUT2D eigenvalue weighted by atomic mass is 10.1. The number of hydrogen-bond acceptors (Lipinski definition) is 5. The van der Waals surface area contributed by atoms with Gasteiger partial charge in [0.05, 0.1) is 21.8 Å². The zero-order valence-corrected chi connectivity index (χ0v) is 15.9. The van der Waals surface area contributed by atoms with Crippen molar-refractivity contribution in [1.82, 2.24) is 15.2 Å². The molecule has 3 rings (SSSR count). The first-order valence-corrected chi connectivity index (χ1v) is 8.61. The molecule has 1 saturated heterocycles. The number of nitrogens with zero attached hydrogens (tertiary/aromatic N) is 2. The molecule has 2 heterocycles. The Hall–Kier alpha value is -0.920. The van der Waals surface area contributed by atoms with Crippen LogP contribution in [0, 0.1) is 0 Å². The minimum Gasteiger partial charge on any atom is -0.355 e. The number of hydrogen-bond donors (Lipinski definition) is 2. The highest BCUT2D eigenvalue weighted by atomic mass is 35.5. The van der Waals surface area contributed by atoms with E-state index >= 15 is 0 Å². The first kappa shape index (κ1) is 21.1. The fourth-order valence-electron chi connectivity index (χ4n) is 2.71. The lowest BCUT2D eigenvalue weighted by Crippen LogP contribution is -2.44. The molecule has 0 radical (unpaired) electrons. The Morgan fingerprint density at radius 3 is 2.71 bits per heavy atom. The van der Waals surface area contributed by atoms with Gasteiger partial charge in [-0.25, -0.2) is 4.98 Å². The van der Waals surface area contributed by atoms with E-state index in [1.807, 2.05) is 18.2 Å². The van der Waals surface area contributed by atoms with E-state index in [2.05, 4.69) is 21.3 Å². The molecule has 0 saturated carbocycles. The summed E-state index contributed by atoms with van der Waals surface area (Å²) in [4.78, 5) is 18.7. The maximum absolute atomic E-state index is 12.0. The van der Waals surface area contributed by atoms with Gasteiger partial charge in [-0.2, -0.15) is 0 Å². The van der Waals surface area contributed by atoms with Crippen LogP contribution in [0.1, 0.15) is 17.8 Å². The summed E-state index contributed by atoms with van der Waals surface area (Å²) in [5, 5.41) is 4.06. The van der Waals surface area contributed by atoms with Crippen molar-refractivity contribution < 1.29 is 4.79 Å². The number of halogens is 2. The number of fused-ring (bicyclic) bond motifs is 1. The topological polar surface area (TPSA) is 71.2 Å². The van der Waals surface area contributed by atoms with E-state index in [1.165, 1.54) is 4.70 Å². The van der Waals surface area contributed by atoms with Gasteiger partial charge in [0.2, 0.25) is 5.91 Å². The Morgan fingerprint density at radius 2 is 2.00 bits per heavy atom. The Morgan fingerprint density at radius 1 is 1.29 bits per heavy atom. The van der Waals surface area contributed by atoms with Crippen molar-refractivity contribution in [3.05, 3.63) is 29.3 Å². The highest BCUT2D eigenvalue weighted by Crippen LogP contribution is 2.21. The van der Waals surface area contributed by atoms with Crippen LogP contribution < -0.4 is 11.1 Å². The number of aromatic nitrogens is 1. The number of likely N-dealkylation sites (tertiary alicyclic amines) is 1. The van der Waals surface area contributed by atoms with Crippen molar-refractivity contribution in [3.8, 4) is 0 Å². The quantitative estimate of drug-likeness (QED) is 0.820.